The van der Waals surface area contributed by atoms with E-state index in [9.17, 15) is 9.59 Å². The molecule has 0 atom stereocenters. The molecule has 0 aliphatic rings. The maximum Gasteiger partial charge on any atom is 0.277 e. The summed E-state index contributed by atoms with van der Waals surface area (Å²) in [5, 5.41) is 7.96. The summed E-state index contributed by atoms with van der Waals surface area (Å²) in [6, 6.07) is 18.5. The van der Waals surface area contributed by atoms with Gasteiger partial charge in [0.05, 0.1) is 12.2 Å². The smallest absolute Gasteiger partial charge is 0.277 e. The van der Waals surface area contributed by atoms with Crippen molar-refractivity contribution in [3.8, 4) is 5.75 Å². The zero-order chi connectivity index (χ0) is 19.6. The highest BCUT2D eigenvalue weighted by molar-refractivity contribution is 7.99. The number of hydrazine groups is 1. The molecule has 0 saturated carbocycles. The average molecular weight is 398 g/mol. The van der Waals surface area contributed by atoms with Crippen LogP contribution in [0.15, 0.2) is 70.3 Å². The summed E-state index contributed by atoms with van der Waals surface area (Å²) in [4.78, 5) is 23.6. The number of carbonyl (C=O) groups excluding carboxylic acids is 2. The molecule has 1 heterocycles. The highest BCUT2D eigenvalue weighted by atomic mass is 32.2. The predicted octanol–water partition coefficient (Wildman–Crippen LogP) is 2.13. The molecule has 0 bridgehead atoms. The van der Waals surface area contributed by atoms with Gasteiger partial charge in [-0.15, -0.1) is 10.2 Å². The average Bonchev–Trinajstić information content (AvgIpc) is 3.19. The SMILES string of the molecule is O=C(CSc1nnc(COc2ccccc2)o1)NNC(=O)Cc1ccccc1. The maximum atomic E-state index is 11.8. The summed E-state index contributed by atoms with van der Waals surface area (Å²) >= 11 is 1.07. The number of nitrogens with one attached hydrogen (secondary N) is 2. The summed E-state index contributed by atoms with van der Waals surface area (Å²) in [6.07, 6.45) is 0.183. The standard InChI is InChI=1S/C19H18N4O4S/c24-16(11-14-7-3-1-4-8-14)20-21-17(25)13-28-19-23-22-18(27-19)12-26-15-9-5-2-6-10-15/h1-10H,11-13H2,(H,20,24)(H,21,25). The Labute approximate surface area is 165 Å². The van der Waals surface area contributed by atoms with Crippen molar-refractivity contribution in [2.45, 2.75) is 18.3 Å². The molecule has 0 aliphatic heterocycles. The number of hydrogen-bond acceptors (Lipinski definition) is 7. The van der Waals surface area contributed by atoms with Crippen molar-refractivity contribution < 1.29 is 18.7 Å². The lowest BCUT2D eigenvalue weighted by atomic mass is 10.1. The molecule has 2 aromatic carbocycles. The molecule has 0 aliphatic carbocycles. The molecular weight excluding hydrogens is 380 g/mol. The largest absolute Gasteiger partial charge is 0.484 e. The molecule has 3 rings (SSSR count). The van der Waals surface area contributed by atoms with Crippen molar-refractivity contribution in [2.24, 2.45) is 0 Å². The van der Waals surface area contributed by atoms with Crippen LogP contribution < -0.4 is 15.6 Å². The van der Waals surface area contributed by atoms with E-state index in [0.29, 0.717) is 11.6 Å². The fourth-order valence-corrected chi connectivity index (χ4v) is 2.73. The molecule has 0 saturated heterocycles. The van der Waals surface area contributed by atoms with Crippen LogP contribution in [0.1, 0.15) is 11.5 Å². The molecule has 0 spiro atoms. The molecule has 2 amide bonds. The third kappa shape index (κ3) is 6.44. The lowest BCUT2D eigenvalue weighted by molar-refractivity contribution is -0.127. The van der Waals surface area contributed by atoms with E-state index in [2.05, 4.69) is 21.0 Å². The summed E-state index contributed by atoms with van der Waals surface area (Å²) in [6.45, 7) is 0.138. The van der Waals surface area contributed by atoms with Crippen molar-refractivity contribution in [1.29, 1.82) is 0 Å². The van der Waals surface area contributed by atoms with Crippen LogP contribution in [0.2, 0.25) is 0 Å². The van der Waals surface area contributed by atoms with E-state index in [1.54, 1.807) is 0 Å². The minimum absolute atomic E-state index is 0.0206. The van der Waals surface area contributed by atoms with Gasteiger partial charge in [0.2, 0.25) is 11.8 Å². The lowest BCUT2D eigenvalue weighted by Gasteiger charge is -2.06. The van der Waals surface area contributed by atoms with E-state index < -0.39 is 0 Å². The molecule has 3 aromatic rings. The second kappa shape index (κ2) is 10.1. The summed E-state index contributed by atoms with van der Waals surface area (Å²) < 4.78 is 10.9. The highest BCUT2D eigenvalue weighted by Crippen LogP contribution is 2.17. The summed E-state index contributed by atoms with van der Waals surface area (Å²) in [5.41, 5.74) is 5.59. The number of ether oxygens (including phenoxy) is 1. The molecule has 0 unspecified atom stereocenters. The van der Waals surface area contributed by atoms with Gasteiger partial charge >= 0.3 is 0 Å². The number of aromatic nitrogens is 2. The van der Waals surface area contributed by atoms with Crippen molar-refractivity contribution in [2.75, 3.05) is 5.75 Å². The number of nitrogens with zero attached hydrogens (tertiary/aromatic N) is 2. The molecule has 144 valence electrons. The van der Waals surface area contributed by atoms with Crippen molar-refractivity contribution >= 4 is 23.6 Å². The Morgan fingerprint density at radius 1 is 0.929 bits per heavy atom. The van der Waals surface area contributed by atoms with Crippen LogP contribution in [0.5, 0.6) is 5.75 Å². The Morgan fingerprint density at radius 3 is 2.36 bits per heavy atom. The van der Waals surface area contributed by atoms with Gasteiger partial charge < -0.3 is 9.15 Å². The van der Waals surface area contributed by atoms with Crippen LogP contribution in [-0.4, -0.2) is 27.8 Å². The lowest BCUT2D eigenvalue weighted by Crippen LogP contribution is -2.43. The van der Waals surface area contributed by atoms with Gasteiger partial charge in [-0.2, -0.15) is 0 Å². The van der Waals surface area contributed by atoms with Gasteiger partial charge in [-0.05, 0) is 17.7 Å². The highest BCUT2D eigenvalue weighted by Gasteiger charge is 2.11. The Hall–Kier alpha value is -3.33. The van der Waals surface area contributed by atoms with Crippen molar-refractivity contribution in [3.63, 3.8) is 0 Å². The Balaban J connectivity index is 1.35. The van der Waals surface area contributed by atoms with Gasteiger partial charge in [0, 0.05) is 0 Å². The van der Waals surface area contributed by atoms with Crippen LogP contribution in [0.25, 0.3) is 0 Å². The normalized spacial score (nSPS) is 10.3. The van der Waals surface area contributed by atoms with E-state index in [0.717, 1.165) is 17.3 Å². The van der Waals surface area contributed by atoms with E-state index in [1.807, 2.05) is 60.7 Å². The van der Waals surface area contributed by atoms with Gasteiger partial charge in [-0.3, -0.25) is 20.4 Å². The molecule has 1 aromatic heterocycles. The van der Waals surface area contributed by atoms with E-state index in [4.69, 9.17) is 9.15 Å². The summed E-state index contributed by atoms with van der Waals surface area (Å²) in [7, 11) is 0. The third-order valence-corrected chi connectivity index (χ3v) is 4.25. The molecule has 8 nitrogen and oxygen atoms in total. The number of hydrogen-bond donors (Lipinski definition) is 2. The number of amides is 2. The van der Waals surface area contributed by atoms with Crippen LogP contribution in [0.4, 0.5) is 0 Å². The summed E-state index contributed by atoms with van der Waals surface area (Å²) in [5.74, 6) is 0.338. The zero-order valence-electron chi connectivity index (χ0n) is 14.8. The van der Waals surface area contributed by atoms with Gasteiger partial charge in [-0.25, -0.2) is 0 Å². The minimum Gasteiger partial charge on any atom is -0.484 e. The van der Waals surface area contributed by atoms with Crippen LogP contribution in [-0.2, 0) is 22.6 Å². The monoisotopic (exact) mass is 398 g/mol. The quantitative estimate of drug-likeness (QED) is 0.442. The van der Waals surface area contributed by atoms with E-state index >= 15 is 0 Å². The second-order valence-corrected chi connectivity index (χ2v) is 6.54. The van der Waals surface area contributed by atoms with Crippen molar-refractivity contribution in [1.82, 2.24) is 21.0 Å². The van der Waals surface area contributed by atoms with Crippen LogP contribution in [0.3, 0.4) is 0 Å². The molecule has 0 radical (unpaired) electrons. The van der Waals surface area contributed by atoms with Crippen LogP contribution in [0, 0.1) is 0 Å². The number of benzene rings is 2. The van der Waals surface area contributed by atoms with Gasteiger partial charge in [0.25, 0.3) is 11.1 Å². The van der Waals surface area contributed by atoms with Crippen LogP contribution >= 0.6 is 11.8 Å². The van der Waals surface area contributed by atoms with E-state index in [-0.39, 0.29) is 35.8 Å². The number of thioether (sulfide) groups is 1. The first-order valence-corrected chi connectivity index (χ1v) is 9.42. The van der Waals surface area contributed by atoms with Gasteiger partial charge in [0.1, 0.15) is 5.75 Å². The van der Waals surface area contributed by atoms with E-state index in [1.165, 1.54) is 0 Å². The number of carbonyl (C=O) groups is 2. The Kier molecular flexibility index (Phi) is 7.02. The fraction of sp³-hybridized carbons (Fsp3) is 0.158. The minimum atomic E-state index is -0.383. The third-order valence-electron chi connectivity index (χ3n) is 3.43. The Bertz CT molecular complexity index is 903. The molecule has 9 heteroatoms. The van der Waals surface area contributed by atoms with Gasteiger partial charge in [-0.1, -0.05) is 60.3 Å². The fourth-order valence-electron chi connectivity index (χ4n) is 2.14. The zero-order valence-corrected chi connectivity index (χ0v) is 15.6. The maximum absolute atomic E-state index is 11.8. The predicted molar refractivity (Wildman–Crippen MR) is 102 cm³/mol. The molecule has 0 fully saturated rings. The molecule has 2 N–H and O–H groups in total. The Morgan fingerprint density at radius 2 is 1.61 bits per heavy atom. The second-order valence-electron chi connectivity index (χ2n) is 5.61. The first-order valence-electron chi connectivity index (χ1n) is 8.43. The number of para-hydroxylation sites is 1. The van der Waals surface area contributed by atoms with Crippen molar-refractivity contribution in [3.05, 3.63) is 72.1 Å². The first kappa shape index (κ1) is 19.4. The first-order chi connectivity index (χ1) is 13.7. The molecular formula is C19H18N4O4S. The molecule has 28 heavy (non-hydrogen) atoms. The van der Waals surface area contributed by atoms with Gasteiger partial charge in [0.15, 0.2) is 6.61 Å². The number of rotatable bonds is 8. The topological polar surface area (TPSA) is 106 Å².